The van der Waals surface area contributed by atoms with E-state index in [4.69, 9.17) is 5.73 Å². The van der Waals surface area contributed by atoms with Gasteiger partial charge in [0.05, 0.1) is 0 Å². The van der Waals surface area contributed by atoms with E-state index < -0.39 is 0 Å². The first-order chi connectivity index (χ1) is 7.26. The molecule has 0 aliphatic carbocycles. The zero-order valence-electron chi connectivity index (χ0n) is 9.34. The normalized spacial score (nSPS) is 11.1. The van der Waals surface area contributed by atoms with Gasteiger partial charge in [-0.05, 0) is 48.9 Å². The summed E-state index contributed by atoms with van der Waals surface area (Å²) in [5.41, 5.74) is 8.46. The molecule has 80 valence electrons. The zero-order valence-corrected chi connectivity index (χ0v) is 10.2. The van der Waals surface area contributed by atoms with E-state index in [0.29, 0.717) is 0 Å². The smallest absolute Gasteiger partial charge is 0.0348 e. The fraction of sp³-hybridized carbons (Fsp3) is 0.385. The lowest BCUT2D eigenvalue weighted by atomic mass is 10.1. The summed E-state index contributed by atoms with van der Waals surface area (Å²) in [4.78, 5) is 1.45. The first-order valence-electron chi connectivity index (χ1n) is 5.47. The molecule has 0 amide bonds. The van der Waals surface area contributed by atoms with Gasteiger partial charge in [0.2, 0.25) is 0 Å². The summed E-state index contributed by atoms with van der Waals surface area (Å²) >= 11 is 1.89. The van der Waals surface area contributed by atoms with Crippen LogP contribution >= 0.6 is 11.3 Å². The first-order valence-corrected chi connectivity index (χ1v) is 6.29. The first kappa shape index (κ1) is 10.7. The molecule has 0 fully saturated rings. The van der Waals surface area contributed by atoms with Gasteiger partial charge in [-0.15, -0.1) is 11.3 Å². The number of benzene rings is 1. The molecule has 1 aromatic heterocycles. The van der Waals surface area contributed by atoms with Gasteiger partial charge in [-0.25, -0.2) is 0 Å². The molecular weight excluding hydrogens is 202 g/mol. The van der Waals surface area contributed by atoms with Gasteiger partial charge >= 0.3 is 0 Å². The summed E-state index contributed by atoms with van der Waals surface area (Å²) < 4.78 is 1.40. The van der Waals surface area contributed by atoms with Crippen molar-refractivity contribution in [2.75, 3.05) is 6.54 Å². The Labute approximate surface area is 94.9 Å². The maximum absolute atomic E-state index is 5.61. The standard InChI is InChI=1S/C13H17NS/c1-3-10-4-5-13-11(8-10)9(2)12(15-13)6-7-14/h4-5,8H,3,6-7,14H2,1-2H3. The maximum atomic E-state index is 5.61. The zero-order chi connectivity index (χ0) is 10.8. The lowest BCUT2D eigenvalue weighted by Gasteiger charge is -1.98. The van der Waals surface area contributed by atoms with E-state index in [1.807, 2.05) is 11.3 Å². The van der Waals surface area contributed by atoms with E-state index in [2.05, 4.69) is 32.0 Å². The summed E-state index contributed by atoms with van der Waals surface area (Å²) in [6, 6.07) is 6.79. The van der Waals surface area contributed by atoms with Crippen molar-refractivity contribution in [3.8, 4) is 0 Å². The van der Waals surface area contributed by atoms with Crippen molar-refractivity contribution in [2.24, 2.45) is 5.73 Å². The number of hydrogen-bond acceptors (Lipinski definition) is 2. The highest BCUT2D eigenvalue weighted by atomic mass is 32.1. The fourth-order valence-electron chi connectivity index (χ4n) is 1.91. The van der Waals surface area contributed by atoms with Crippen molar-refractivity contribution in [2.45, 2.75) is 26.7 Å². The number of fused-ring (bicyclic) bond motifs is 1. The predicted molar refractivity (Wildman–Crippen MR) is 68.7 cm³/mol. The Morgan fingerprint density at radius 2 is 2.13 bits per heavy atom. The van der Waals surface area contributed by atoms with Crippen LogP contribution in [-0.2, 0) is 12.8 Å². The average Bonchev–Trinajstić information content (AvgIpc) is 2.56. The third-order valence-corrected chi connectivity index (χ3v) is 4.21. The summed E-state index contributed by atoms with van der Waals surface area (Å²) in [6.07, 6.45) is 2.12. The van der Waals surface area contributed by atoms with Crippen molar-refractivity contribution in [3.63, 3.8) is 0 Å². The minimum Gasteiger partial charge on any atom is -0.330 e. The van der Waals surface area contributed by atoms with Gasteiger partial charge in [0.1, 0.15) is 0 Å². The second kappa shape index (κ2) is 4.33. The molecule has 1 nitrogen and oxygen atoms in total. The van der Waals surface area contributed by atoms with Crippen LogP contribution in [0.2, 0.25) is 0 Å². The van der Waals surface area contributed by atoms with E-state index in [1.54, 1.807) is 0 Å². The van der Waals surface area contributed by atoms with E-state index in [9.17, 15) is 0 Å². The van der Waals surface area contributed by atoms with Crippen LogP contribution < -0.4 is 5.73 Å². The quantitative estimate of drug-likeness (QED) is 0.842. The largest absolute Gasteiger partial charge is 0.330 e. The third-order valence-electron chi connectivity index (χ3n) is 2.88. The van der Waals surface area contributed by atoms with Crippen molar-refractivity contribution in [1.82, 2.24) is 0 Å². The molecule has 1 heterocycles. The number of hydrogen-bond donors (Lipinski definition) is 1. The van der Waals surface area contributed by atoms with Gasteiger partial charge in [0, 0.05) is 9.58 Å². The van der Waals surface area contributed by atoms with E-state index in [-0.39, 0.29) is 0 Å². The Hall–Kier alpha value is -0.860. The summed E-state index contributed by atoms with van der Waals surface area (Å²) in [7, 11) is 0. The van der Waals surface area contributed by atoms with E-state index in [1.165, 1.54) is 26.1 Å². The number of nitrogens with two attached hydrogens (primary N) is 1. The second-order valence-corrected chi connectivity index (χ2v) is 5.01. The van der Waals surface area contributed by atoms with Gasteiger partial charge in [-0.3, -0.25) is 0 Å². The minimum absolute atomic E-state index is 0.744. The molecule has 2 rings (SSSR count). The van der Waals surface area contributed by atoms with Crippen molar-refractivity contribution < 1.29 is 0 Å². The highest BCUT2D eigenvalue weighted by Crippen LogP contribution is 2.31. The number of rotatable bonds is 3. The minimum atomic E-state index is 0.744. The molecule has 15 heavy (non-hydrogen) atoms. The van der Waals surface area contributed by atoms with Crippen LogP contribution in [0.4, 0.5) is 0 Å². The number of aryl methyl sites for hydroxylation is 2. The molecule has 0 bridgehead atoms. The number of thiophene rings is 1. The molecule has 2 N–H and O–H groups in total. The van der Waals surface area contributed by atoms with Crippen LogP contribution in [0.25, 0.3) is 10.1 Å². The topological polar surface area (TPSA) is 26.0 Å². The van der Waals surface area contributed by atoms with Crippen LogP contribution in [0.15, 0.2) is 18.2 Å². The van der Waals surface area contributed by atoms with Gasteiger partial charge in [0.25, 0.3) is 0 Å². The van der Waals surface area contributed by atoms with Crippen molar-refractivity contribution in [3.05, 3.63) is 34.2 Å². The van der Waals surface area contributed by atoms with Crippen molar-refractivity contribution in [1.29, 1.82) is 0 Å². The van der Waals surface area contributed by atoms with Crippen LogP contribution in [0.5, 0.6) is 0 Å². The van der Waals surface area contributed by atoms with Crippen LogP contribution in [-0.4, -0.2) is 6.54 Å². The molecule has 0 saturated heterocycles. The molecule has 0 saturated carbocycles. The summed E-state index contributed by atoms with van der Waals surface area (Å²) in [5, 5.41) is 1.42. The highest BCUT2D eigenvalue weighted by Gasteiger charge is 2.07. The SMILES string of the molecule is CCc1ccc2sc(CCN)c(C)c2c1. The lowest BCUT2D eigenvalue weighted by molar-refractivity contribution is 0.981. The Balaban J connectivity index is 2.56. The summed E-state index contributed by atoms with van der Waals surface area (Å²) in [6.45, 7) is 5.15. The molecule has 0 aliphatic rings. The van der Waals surface area contributed by atoms with Gasteiger partial charge in [0.15, 0.2) is 0 Å². The second-order valence-electron chi connectivity index (χ2n) is 3.87. The Morgan fingerprint density at radius 3 is 2.80 bits per heavy atom. The molecule has 0 atom stereocenters. The van der Waals surface area contributed by atoms with Crippen LogP contribution in [0.3, 0.4) is 0 Å². The van der Waals surface area contributed by atoms with Gasteiger partial charge in [-0.2, -0.15) is 0 Å². The molecular formula is C13H17NS. The van der Waals surface area contributed by atoms with Crippen LogP contribution in [0.1, 0.15) is 22.9 Å². The van der Waals surface area contributed by atoms with E-state index in [0.717, 1.165) is 19.4 Å². The Kier molecular flexibility index (Phi) is 3.08. The highest BCUT2D eigenvalue weighted by molar-refractivity contribution is 7.19. The molecule has 0 aliphatic heterocycles. The molecule has 1 aromatic carbocycles. The Morgan fingerprint density at radius 1 is 1.33 bits per heavy atom. The predicted octanol–water partition coefficient (Wildman–Crippen LogP) is 3.27. The van der Waals surface area contributed by atoms with E-state index >= 15 is 0 Å². The monoisotopic (exact) mass is 219 g/mol. The Bertz CT molecular complexity index is 471. The molecule has 0 spiro atoms. The average molecular weight is 219 g/mol. The molecule has 2 aromatic rings. The fourth-order valence-corrected chi connectivity index (χ4v) is 3.11. The van der Waals surface area contributed by atoms with Gasteiger partial charge < -0.3 is 5.73 Å². The lowest BCUT2D eigenvalue weighted by Crippen LogP contribution is -2.01. The molecule has 2 heteroatoms. The third kappa shape index (κ3) is 1.92. The summed E-state index contributed by atoms with van der Waals surface area (Å²) in [5.74, 6) is 0. The van der Waals surface area contributed by atoms with Crippen molar-refractivity contribution >= 4 is 21.4 Å². The maximum Gasteiger partial charge on any atom is 0.0348 e. The van der Waals surface area contributed by atoms with Crippen LogP contribution in [0, 0.1) is 6.92 Å². The molecule has 0 radical (unpaired) electrons. The molecule has 0 unspecified atom stereocenters. The van der Waals surface area contributed by atoms with Gasteiger partial charge in [-0.1, -0.05) is 19.1 Å².